The molecule has 0 radical (unpaired) electrons. The van der Waals surface area contributed by atoms with Gasteiger partial charge in [0, 0.05) is 17.7 Å². The lowest BCUT2D eigenvalue weighted by molar-refractivity contribution is 0.361. The first-order valence-electron chi connectivity index (χ1n) is 7.65. The zero-order valence-electron chi connectivity index (χ0n) is 12.5. The third kappa shape index (κ3) is 3.37. The number of hydrogen-bond acceptors (Lipinski definition) is 3. The second-order valence-electron chi connectivity index (χ2n) is 5.53. The number of aromatic amines is 1. The molecule has 0 spiro atoms. The van der Waals surface area contributed by atoms with Gasteiger partial charge < -0.3 is 9.72 Å². The fourth-order valence-electron chi connectivity index (χ4n) is 2.78. The van der Waals surface area contributed by atoms with Crippen LogP contribution in [-0.2, 0) is 0 Å². The van der Waals surface area contributed by atoms with E-state index < -0.39 is 0 Å². The highest BCUT2D eigenvalue weighted by molar-refractivity contribution is 5.66. The van der Waals surface area contributed by atoms with E-state index in [1.165, 1.54) is 5.57 Å². The van der Waals surface area contributed by atoms with Crippen molar-refractivity contribution in [3.63, 3.8) is 0 Å². The lowest BCUT2D eigenvalue weighted by Crippen LogP contribution is -2.07. The van der Waals surface area contributed by atoms with Crippen LogP contribution in [0.25, 0.3) is 11.3 Å². The van der Waals surface area contributed by atoms with Crippen molar-refractivity contribution >= 4 is 0 Å². The number of rotatable bonds is 4. The summed E-state index contributed by atoms with van der Waals surface area (Å²) < 4.78 is 5.92. The highest BCUT2D eigenvalue weighted by Crippen LogP contribution is 2.29. The molecule has 3 rings (SSSR count). The molecule has 1 N–H and O–H groups in total. The van der Waals surface area contributed by atoms with Crippen molar-refractivity contribution in [3.05, 3.63) is 48.4 Å². The molecule has 1 aliphatic carbocycles. The molecule has 112 valence electrons. The summed E-state index contributed by atoms with van der Waals surface area (Å²) in [5.41, 5.74) is 3.29. The van der Waals surface area contributed by atoms with Crippen LogP contribution < -0.4 is 4.74 Å². The van der Waals surface area contributed by atoms with Gasteiger partial charge in [-0.05, 0) is 43.9 Å². The third-order valence-electron chi connectivity index (χ3n) is 4.08. The summed E-state index contributed by atoms with van der Waals surface area (Å²) in [4.78, 5) is 7.25. The van der Waals surface area contributed by atoms with Gasteiger partial charge in [-0.2, -0.15) is 5.26 Å². The van der Waals surface area contributed by atoms with Crippen LogP contribution >= 0.6 is 0 Å². The van der Waals surface area contributed by atoms with Crippen molar-refractivity contribution in [1.82, 2.24) is 9.97 Å². The summed E-state index contributed by atoms with van der Waals surface area (Å²) in [6.07, 6.45) is 9.68. The molecule has 4 nitrogen and oxygen atoms in total. The maximum atomic E-state index is 8.92. The molecular weight excluding hydrogens is 274 g/mol. The number of ether oxygens (including phenoxy) is 1. The number of aromatic nitrogens is 2. The molecule has 1 aromatic heterocycles. The predicted molar refractivity (Wildman–Crippen MR) is 85.2 cm³/mol. The molecule has 1 heterocycles. The third-order valence-corrected chi connectivity index (χ3v) is 4.08. The van der Waals surface area contributed by atoms with Crippen molar-refractivity contribution in [1.29, 1.82) is 5.26 Å². The SMILES string of the molecule is N#CC1CCC(=CCOc2ccccc2-c2c[nH]cn2)CC1. The summed E-state index contributed by atoms with van der Waals surface area (Å²) in [5, 5.41) is 8.92. The molecule has 1 saturated carbocycles. The summed E-state index contributed by atoms with van der Waals surface area (Å²) in [5.74, 6) is 1.08. The van der Waals surface area contributed by atoms with E-state index >= 15 is 0 Å². The number of benzene rings is 1. The van der Waals surface area contributed by atoms with Crippen molar-refractivity contribution < 1.29 is 4.74 Å². The Labute approximate surface area is 130 Å². The normalized spacial score (nSPS) is 17.8. The average molecular weight is 293 g/mol. The first-order chi connectivity index (χ1) is 10.9. The Balaban J connectivity index is 1.62. The van der Waals surface area contributed by atoms with Crippen LogP contribution in [-0.4, -0.2) is 16.6 Å². The maximum Gasteiger partial charge on any atom is 0.129 e. The molecule has 0 unspecified atom stereocenters. The van der Waals surface area contributed by atoms with E-state index in [9.17, 15) is 0 Å². The van der Waals surface area contributed by atoms with E-state index in [1.807, 2.05) is 30.5 Å². The summed E-state index contributed by atoms with van der Waals surface area (Å²) in [6.45, 7) is 0.563. The van der Waals surface area contributed by atoms with Gasteiger partial charge in [-0.15, -0.1) is 0 Å². The highest BCUT2D eigenvalue weighted by atomic mass is 16.5. The van der Waals surface area contributed by atoms with Crippen molar-refractivity contribution in [2.45, 2.75) is 25.7 Å². The standard InChI is InChI=1S/C18H19N3O/c19-11-15-7-5-14(6-8-15)9-10-22-18-4-2-1-3-16(18)17-12-20-13-21-17/h1-4,9,12-13,15H,5-8,10H2,(H,20,21). The minimum atomic E-state index is 0.235. The first-order valence-corrected chi connectivity index (χ1v) is 7.65. The quantitative estimate of drug-likeness (QED) is 0.863. The molecule has 0 atom stereocenters. The fraction of sp³-hybridized carbons (Fsp3) is 0.333. The number of H-pyrrole nitrogens is 1. The number of nitrogens with zero attached hydrogens (tertiary/aromatic N) is 2. The van der Waals surface area contributed by atoms with Crippen LogP contribution in [0.2, 0.25) is 0 Å². The van der Waals surface area contributed by atoms with E-state index in [2.05, 4.69) is 22.1 Å². The van der Waals surface area contributed by atoms with Gasteiger partial charge in [-0.1, -0.05) is 17.7 Å². The van der Waals surface area contributed by atoms with Gasteiger partial charge in [0.1, 0.15) is 12.4 Å². The fourth-order valence-corrected chi connectivity index (χ4v) is 2.78. The molecule has 22 heavy (non-hydrogen) atoms. The zero-order valence-corrected chi connectivity index (χ0v) is 12.5. The van der Waals surface area contributed by atoms with Gasteiger partial charge >= 0.3 is 0 Å². The summed E-state index contributed by atoms with van der Waals surface area (Å²) in [6, 6.07) is 10.3. The second-order valence-corrected chi connectivity index (χ2v) is 5.53. The number of allylic oxidation sites excluding steroid dienone is 1. The molecule has 1 fully saturated rings. The van der Waals surface area contributed by atoms with Crippen molar-refractivity contribution in [3.8, 4) is 23.1 Å². The van der Waals surface area contributed by atoms with Crippen LogP contribution in [0.4, 0.5) is 0 Å². The largest absolute Gasteiger partial charge is 0.489 e. The van der Waals surface area contributed by atoms with Crippen LogP contribution in [0.3, 0.4) is 0 Å². The molecule has 0 saturated heterocycles. The first kappa shape index (κ1) is 14.4. The lowest BCUT2D eigenvalue weighted by atomic mass is 9.87. The Kier molecular flexibility index (Phi) is 4.55. The Hall–Kier alpha value is -2.54. The number of para-hydroxylation sites is 1. The second kappa shape index (κ2) is 6.95. The lowest BCUT2D eigenvalue weighted by Gasteiger charge is -2.18. The van der Waals surface area contributed by atoms with Crippen LogP contribution in [0.15, 0.2) is 48.4 Å². The van der Waals surface area contributed by atoms with E-state index in [0.29, 0.717) is 6.61 Å². The molecular formula is C18H19N3O. The van der Waals surface area contributed by atoms with Gasteiger partial charge in [0.15, 0.2) is 0 Å². The van der Waals surface area contributed by atoms with E-state index in [0.717, 1.165) is 42.7 Å². The minimum Gasteiger partial charge on any atom is -0.489 e. The number of nitriles is 1. The molecule has 0 amide bonds. The molecule has 1 aliphatic rings. The van der Waals surface area contributed by atoms with Crippen molar-refractivity contribution in [2.24, 2.45) is 5.92 Å². The van der Waals surface area contributed by atoms with Gasteiger partial charge in [0.05, 0.1) is 18.1 Å². The summed E-state index contributed by atoms with van der Waals surface area (Å²) >= 11 is 0. The zero-order chi connectivity index (χ0) is 15.2. The van der Waals surface area contributed by atoms with Crippen LogP contribution in [0, 0.1) is 17.2 Å². The smallest absolute Gasteiger partial charge is 0.129 e. The number of nitrogens with one attached hydrogen (secondary N) is 1. The highest BCUT2D eigenvalue weighted by Gasteiger charge is 2.15. The van der Waals surface area contributed by atoms with E-state index in [-0.39, 0.29) is 5.92 Å². The Morgan fingerprint density at radius 2 is 2.14 bits per heavy atom. The maximum absolute atomic E-state index is 8.92. The number of imidazole rings is 1. The van der Waals surface area contributed by atoms with Crippen LogP contribution in [0.5, 0.6) is 5.75 Å². The van der Waals surface area contributed by atoms with Gasteiger partial charge in [0.2, 0.25) is 0 Å². The molecule has 1 aromatic carbocycles. The molecule has 0 bridgehead atoms. The number of hydrogen-bond donors (Lipinski definition) is 1. The van der Waals surface area contributed by atoms with E-state index in [1.54, 1.807) is 6.33 Å². The van der Waals surface area contributed by atoms with Gasteiger partial charge in [-0.25, -0.2) is 4.98 Å². The molecule has 0 aliphatic heterocycles. The Morgan fingerprint density at radius 1 is 1.32 bits per heavy atom. The predicted octanol–water partition coefficient (Wildman–Crippen LogP) is 4.10. The molecule has 4 heteroatoms. The van der Waals surface area contributed by atoms with Gasteiger partial charge in [-0.3, -0.25) is 0 Å². The monoisotopic (exact) mass is 293 g/mol. The Bertz CT molecular complexity index is 673. The Morgan fingerprint density at radius 3 is 2.86 bits per heavy atom. The van der Waals surface area contributed by atoms with Crippen LogP contribution in [0.1, 0.15) is 25.7 Å². The van der Waals surface area contributed by atoms with Crippen molar-refractivity contribution in [2.75, 3.05) is 6.61 Å². The molecule has 2 aromatic rings. The summed E-state index contributed by atoms with van der Waals surface area (Å²) in [7, 11) is 0. The van der Waals surface area contributed by atoms with Gasteiger partial charge in [0.25, 0.3) is 0 Å². The average Bonchev–Trinajstić information content (AvgIpc) is 3.10. The minimum absolute atomic E-state index is 0.235. The topological polar surface area (TPSA) is 61.7 Å². The van der Waals surface area contributed by atoms with E-state index in [4.69, 9.17) is 10.00 Å².